The van der Waals surface area contributed by atoms with Crippen LogP contribution in [0.3, 0.4) is 0 Å². The summed E-state index contributed by atoms with van der Waals surface area (Å²) in [6.07, 6.45) is 5.26. The molecule has 0 aromatic carbocycles. The minimum atomic E-state index is -3.02. The summed E-state index contributed by atoms with van der Waals surface area (Å²) < 4.78 is 26.1. The standard InChI is InChI=1S/C10H19NO3S/c12-7-8-1-3-9(4-2-8)11-15(13,14)10-5-6-10/h8-12H,1-7H2. The second-order valence-electron chi connectivity index (χ2n) is 4.76. The van der Waals surface area contributed by atoms with Gasteiger partial charge in [0.15, 0.2) is 0 Å². The summed E-state index contributed by atoms with van der Waals surface area (Å²) >= 11 is 0. The van der Waals surface area contributed by atoms with Crippen molar-refractivity contribution >= 4 is 10.0 Å². The molecule has 2 fully saturated rings. The molecular formula is C10H19NO3S. The van der Waals surface area contributed by atoms with Crippen LogP contribution >= 0.6 is 0 Å². The highest BCUT2D eigenvalue weighted by Gasteiger charge is 2.37. The molecule has 0 bridgehead atoms. The van der Waals surface area contributed by atoms with Gasteiger partial charge in [-0.15, -0.1) is 0 Å². The second-order valence-corrected chi connectivity index (χ2v) is 6.75. The molecule has 15 heavy (non-hydrogen) atoms. The molecule has 0 aromatic rings. The molecule has 2 N–H and O–H groups in total. The van der Waals surface area contributed by atoms with Crippen LogP contribution in [0.25, 0.3) is 0 Å². The lowest BCUT2D eigenvalue weighted by Gasteiger charge is -2.27. The Morgan fingerprint density at radius 3 is 2.13 bits per heavy atom. The van der Waals surface area contributed by atoms with Gasteiger partial charge < -0.3 is 5.11 Å². The average Bonchev–Trinajstić information content (AvgIpc) is 3.01. The van der Waals surface area contributed by atoms with E-state index in [9.17, 15) is 8.42 Å². The van der Waals surface area contributed by atoms with E-state index in [1.807, 2.05) is 0 Å². The number of aliphatic hydroxyl groups is 1. The van der Waals surface area contributed by atoms with Crippen LogP contribution in [0.5, 0.6) is 0 Å². The van der Waals surface area contributed by atoms with Gasteiger partial charge in [0.05, 0.1) is 5.25 Å². The lowest BCUT2D eigenvalue weighted by Crippen LogP contribution is -2.39. The SMILES string of the molecule is O=S(=O)(NC1CCC(CO)CC1)C1CC1. The van der Waals surface area contributed by atoms with Crippen LogP contribution in [0.2, 0.25) is 0 Å². The quantitative estimate of drug-likeness (QED) is 0.748. The number of hydrogen-bond donors (Lipinski definition) is 2. The van der Waals surface area contributed by atoms with Gasteiger partial charge in [-0.05, 0) is 44.4 Å². The Bertz CT molecular complexity index is 303. The first-order valence-corrected chi connectivity index (χ1v) is 7.28. The molecule has 0 saturated heterocycles. The molecule has 2 aliphatic carbocycles. The fourth-order valence-corrected chi connectivity index (χ4v) is 3.82. The van der Waals surface area contributed by atoms with Crippen molar-refractivity contribution in [2.24, 2.45) is 5.92 Å². The molecule has 0 aliphatic heterocycles. The van der Waals surface area contributed by atoms with Crippen LogP contribution < -0.4 is 4.72 Å². The van der Waals surface area contributed by atoms with E-state index in [0.717, 1.165) is 38.5 Å². The minimum Gasteiger partial charge on any atom is -0.396 e. The van der Waals surface area contributed by atoms with Crippen molar-refractivity contribution < 1.29 is 13.5 Å². The Hall–Kier alpha value is -0.130. The van der Waals surface area contributed by atoms with E-state index < -0.39 is 10.0 Å². The molecular weight excluding hydrogens is 214 g/mol. The molecule has 0 atom stereocenters. The van der Waals surface area contributed by atoms with Crippen LogP contribution in [-0.4, -0.2) is 31.4 Å². The third-order valence-corrected chi connectivity index (χ3v) is 5.41. The molecule has 0 spiro atoms. The van der Waals surface area contributed by atoms with Crippen molar-refractivity contribution in [3.63, 3.8) is 0 Å². The summed E-state index contributed by atoms with van der Waals surface area (Å²) in [5.74, 6) is 0.381. The van der Waals surface area contributed by atoms with Crippen LogP contribution in [-0.2, 0) is 10.0 Å². The highest BCUT2D eigenvalue weighted by atomic mass is 32.2. The Kier molecular flexibility index (Phi) is 3.33. The first-order chi connectivity index (χ1) is 7.12. The second kappa shape index (κ2) is 4.39. The summed E-state index contributed by atoms with van der Waals surface area (Å²) in [4.78, 5) is 0. The highest BCUT2D eigenvalue weighted by Crippen LogP contribution is 2.30. The highest BCUT2D eigenvalue weighted by molar-refractivity contribution is 7.90. The van der Waals surface area contributed by atoms with E-state index in [2.05, 4.69) is 4.72 Å². The molecule has 2 aliphatic rings. The van der Waals surface area contributed by atoms with Crippen molar-refractivity contribution in [3.8, 4) is 0 Å². The van der Waals surface area contributed by atoms with Gasteiger partial charge in [0, 0.05) is 12.6 Å². The summed E-state index contributed by atoms with van der Waals surface area (Å²) in [7, 11) is -3.02. The molecule has 0 unspecified atom stereocenters. The van der Waals surface area contributed by atoms with Crippen LogP contribution in [0.4, 0.5) is 0 Å². The molecule has 0 heterocycles. The number of aliphatic hydroxyl groups excluding tert-OH is 1. The summed E-state index contributed by atoms with van der Waals surface area (Å²) in [6.45, 7) is 0.238. The Labute approximate surface area is 91.1 Å². The Morgan fingerprint density at radius 1 is 1.07 bits per heavy atom. The van der Waals surface area contributed by atoms with Crippen LogP contribution in [0.1, 0.15) is 38.5 Å². The van der Waals surface area contributed by atoms with Crippen molar-refractivity contribution in [1.29, 1.82) is 0 Å². The van der Waals surface area contributed by atoms with Crippen molar-refractivity contribution in [1.82, 2.24) is 4.72 Å². The number of hydrogen-bond acceptors (Lipinski definition) is 3. The molecule has 88 valence electrons. The predicted molar refractivity (Wildman–Crippen MR) is 57.9 cm³/mol. The van der Waals surface area contributed by atoms with Crippen LogP contribution in [0, 0.1) is 5.92 Å². The van der Waals surface area contributed by atoms with Gasteiger partial charge in [-0.3, -0.25) is 0 Å². The van der Waals surface area contributed by atoms with Gasteiger partial charge in [0.25, 0.3) is 0 Å². The minimum absolute atomic E-state index is 0.110. The molecule has 2 rings (SSSR count). The van der Waals surface area contributed by atoms with Gasteiger partial charge in [-0.1, -0.05) is 0 Å². The fourth-order valence-electron chi connectivity index (χ4n) is 2.17. The molecule has 0 radical (unpaired) electrons. The van der Waals surface area contributed by atoms with Gasteiger partial charge in [0.2, 0.25) is 10.0 Å². The molecule has 2 saturated carbocycles. The molecule has 5 heteroatoms. The topological polar surface area (TPSA) is 66.4 Å². The number of rotatable bonds is 4. The van der Waals surface area contributed by atoms with E-state index >= 15 is 0 Å². The summed E-state index contributed by atoms with van der Waals surface area (Å²) in [5, 5.41) is 8.85. The van der Waals surface area contributed by atoms with Crippen molar-refractivity contribution in [3.05, 3.63) is 0 Å². The maximum Gasteiger partial charge on any atom is 0.214 e. The van der Waals surface area contributed by atoms with E-state index in [1.165, 1.54) is 0 Å². The smallest absolute Gasteiger partial charge is 0.214 e. The molecule has 0 aromatic heterocycles. The Morgan fingerprint density at radius 2 is 1.67 bits per heavy atom. The lowest BCUT2D eigenvalue weighted by atomic mass is 9.87. The van der Waals surface area contributed by atoms with E-state index in [-0.39, 0.29) is 17.9 Å². The van der Waals surface area contributed by atoms with Gasteiger partial charge in [-0.2, -0.15) is 0 Å². The van der Waals surface area contributed by atoms with E-state index in [0.29, 0.717) is 5.92 Å². The maximum atomic E-state index is 11.7. The number of nitrogens with one attached hydrogen (secondary N) is 1. The van der Waals surface area contributed by atoms with E-state index in [4.69, 9.17) is 5.11 Å². The molecule has 0 amide bonds. The van der Waals surface area contributed by atoms with Crippen LogP contribution in [0.15, 0.2) is 0 Å². The van der Waals surface area contributed by atoms with Gasteiger partial charge in [0.1, 0.15) is 0 Å². The lowest BCUT2D eigenvalue weighted by molar-refractivity contribution is 0.180. The van der Waals surface area contributed by atoms with Gasteiger partial charge >= 0.3 is 0 Å². The third kappa shape index (κ3) is 2.92. The zero-order valence-corrected chi connectivity index (χ0v) is 9.67. The Balaban J connectivity index is 1.81. The zero-order valence-electron chi connectivity index (χ0n) is 8.85. The average molecular weight is 233 g/mol. The first-order valence-electron chi connectivity index (χ1n) is 5.74. The summed E-state index contributed by atoms with van der Waals surface area (Å²) in [5.41, 5.74) is 0. The predicted octanol–water partition coefficient (Wildman–Crippen LogP) is 0.619. The van der Waals surface area contributed by atoms with Gasteiger partial charge in [-0.25, -0.2) is 13.1 Å². The monoisotopic (exact) mass is 233 g/mol. The largest absolute Gasteiger partial charge is 0.396 e. The van der Waals surface area contributed by atoms with Crippen molar-refractivity contribution in [2.45, 2.75) is 49.8 Å². The first kappa shape index (κ1) is 11.4. The summed E-state index contributed by atoms with van der Waals surface area (Å²) in [6, 6.07) is 0.110. The number of sulfonamides is 1. The fraction of sp³-hybridized carbons (Fsp3) is 1.00. The van der Waals surface area contributed by atoms with Crippen molar-refractivity contribution in [2.75, 3.05) is 6.61 Å². The van der Waals surface area contributed by atoms with E-state index in [1.54, 1.807) is 0 Å². The normalized spacial score (nSPS) is 32.9. The third-order valence-electron chi connectivity index (χ3n) is 3.40. The molecule has 4 nitrogen and oxygen atoms in total. The maximum absolute atomic E-state index is 11.7. The zero-order chi connectivity index (χ0) is 10.9.